The maximum atomic E-state index is 11.1. The monoisotopic (exact) mass is 490 g/mol. The number of hydrogen-bond acceptors (Lipinski definition) is 4. The fourth-order valence-corrected chi connectivity index (χ4v) is 8.58. The molecule has 0 aromatic heterocycles. The molecule has 3 aliphatic carbocycles. The molecule has 4 nitrogen and oxygen atoms in total. The van der Waals surface area contributed by atoms with Crippen molar-refractivity contribution < 1.29 is 19.0 Å². The Hall–Kier alpha value is -0.383. The molecule has 0 aromatic carbocycles. The number of ether oxygens (including phenoxy) is 2. The Morgan fingerprint density at radius 3 is 2.32 bits per heavy atom. The molecule has 6 atom stereocenters. The maximum Gasteiger partial charge on any atom is 0.193 e. The molecule has 4 fully saturated rings. The molecule has 1 heterocycles. The Morgan fingerprint density at radius 1 is 1.09 bits per heavy atom. The van der Waals surface area contributed by atoms with Crippen molar-refractivity contribution in [2.24, 2.45) is 29.1 Å². The van der Waals surface area contributed by atoms with Crippen LogP contribution in [0.3, 0.4) is 0 Å². The van der Waals surface area contributed by atoms with Crippen LogP contribution in [-0.4, -0.2) is 44.6 Å². The molecule has 194 valence electrons. The van der Waals surface area contributed by atoms with Gasteiger partial charge in [-0.1, -0.05) is 78.6 Å². The van der Waals surface area contributed by atoms with Crippen LogP contribution in [0.4, 0.5) is 0 Å². The van der Waals surface area contributed by atoms with Gasteiger partial charge in [0, 0.05) is 11.3 Å². The molecular weight excluding hydrogens is 440 g/mol. The van der Waals surface area contributed by atoms with Gasteiger partial charge in [-0.3, -0.25) is 0 Å². The molecule has 1 aliphatic heterocycles. The molecule has 0 aromatic rings. The van der Waals surface area contributed by atoms with Crippen LogP contribution >= 0.6 is 0 Å². The first-order valence-electron chi connectivity index (χ1n) is 14.1. The van der Waals surface area contributed by atoms with Gasteiger partial charge in [0.25, 0.3) is 0 Å². The van der Waals surface area contributed by atoms with Gasteiger partial charge in [0.1, 0.15) is 6.10 Å². The zero-order chi connectivity index (χ0) is 24.8. The molecule has 0 amide bonds. The molecule has 1 unspecified atom stereocenters. The van der Waals surface area contributed by atoms with Gasteiger partial charge in [0.15, 0.2) is 14.1 Å². The second-order valence-corrected chi connectivity index (χ2v) is 18.1. The second-order valence-electron chi connectivity index (χ2n) is 13.3. The number of fused-ring (bicyclic) bond motifs is 2. The predicted molar refractivity (Wildman–Crippen MR) is 140 cm³/mol. The first kappa shape index (κ1) is 26.7. The van der Waals surface area contributed by atoms with E-state index < -0.39 is 14.1 Å². The van der Waals surface area contributed by atoms with E-state index in [-0.39, 0.29) is 28.6 Å². The Labute approximate surface area is 210 Å². The normalized spacial score (nSPS) is 36.9. The van der Waals surface area contributed by atoms with Crippen LogP contribution in [0.1, 0.15) is 92.4 Å². The highest BCUT2D eigenvalue weighted by Crippen LogP contribution is 2.70. The van der Waals surface area contributed by atoms with Gasteiger partial charge in [0.05, 0.1) is 25.2 Å². The quantitative estimate of drug-likeness (QED) is 0.352. The SMILES string of the molecule is CCC1[C@@H]2[C@@H](C#C[C@H](CC3CCCCC3)O[Si](C)(C)C(C)(C)C)[C@H](O)CC[C@]2(C)C12OCCO2. The fourth-order valence-electron chi connectivity index (χ4n) is 7.36. The highest BCUT2D eigenvalue weighted by molar-refractivity contribution is 6.74. The van der Waals surface area contributed by atoms with E-state index in [1.807, 2.05) is 0 Å². The van der Waals surface area contributed by atoms with Crippen LogP contribution in [0.5, 0.6) is 0 Å². The largest absolute Gasteiger partial charge is 0.403 e. The zero-order valence-corrected chi connectivity index (χ0v) is 23.9. The lowest BCUT2D eigenvalue weighted by Gasteiger charge is -2.68. The molecule has 5 heteroatoms. The first-order valence-corrected chi connectivity index (χ1v) is 17.0. The zero-order valence-electron chi connectivity index (χ0n) is 22.9. The van der Waals surface area contributed by atoms with Crippen molar-refractivity contribution in [3.8, 4) is 11.8 Å². The molecule has 1 N–H and O–H groups in total. The van der Waals surface area contributed by atoms with Crippen LogP contribution in [0.25, 0.3) is 0 Å². The minimum absolute atomic E-state index is 0.0287. The van der Waals surface area contributed by atoms with Crippen molar-refractivity contribution >= 4 is 8.32 Å². The van der Waals surface area contributed by atoms with Crippen LogP contribution < -0.4 is 0 Å². The summed E-state index contributed by atoms with van der Waals surface area (Å²) >= 11 is 0. The van der Waals surface area contributed by atoms with Crippen molar-refractivity contribution in [3.05, 3.63) is 0 Å². The van der Waals surface area contributed by atoms with Gasteiger partial charge in [-0.05, 0) is 55.7 Å². The summed E-state index contributed by atoms with van der Waals surface area (Å²) in [5.41, 5.74) is -0.0676. The number of rotatable bonds is 5. The summed E-state index contributed by atoms with van der Waals surface area (Å²) in [7, 11) is -1.94. The van der Waals surface area contributed by atoms with Crippen molar-refractivity contribution in [3.63, 3.8) is 0 Å². The Balaban J connectivity index is 1.58. The van der Waals surface area contributed by atoms with Gasteiger partial charge >= 0.3 is 0 Å². The third kappa shape index (κ3) is 4.56. The number of hydrogen-bond donors (Lipinski definition) is 1. The van der Waals surface area contributed by atoms with E-state index in [0.717, 1.165) is 31.6 Å². The second kappa shape index (κ2) is 9.82. The van der Waals surface area contributed by atoms with E-state index in [9.17, 15) is 5.11 Å². The van der Waals surface area contributed by atoms with E-state index in [1.165, 1.54) is 32.1 Å². The van der Waals surface area contributed by atoms with Gasteiger partial charge < -0.3 is 19.0 Å². The standard InChI is InChI=1S/C29H50O4Si/c1-8-24-26-23(25(30)16-17-28(26,5)29(24)31-18-19-32-29)15-14-22(20-21-12-10-9-11-13-21)33-34(6,7)27(2,3)4/h21-26,30H,8-13,16-20H2,1-7H3/t22-,23+,24?,25-,26+,28+/m1/s1. The van der Waals surface area contributed by atoms with E-state index in [0.29, 0.717) is 25.0 Å². The summed E-state index contributed by atoms with van der Waals surface area (Å²) in [4.78, 5) is 0. The summed E-state index contributed by atoms with van der Waals surface area (Å²) in [6.45, 7) is 17.5. The highest BCUT2D eigenvalue weighted by atomic mass is 28.4. The van der Waals surface area contributed by atoms with Crippen LogP contribution in [0.2, 0.25) is 18.1 Å². The molecule has 0 bridgehead atoms. The Morgan fingerprint density at radius 2 is 1.74 bits per heavy atom. The average Bonchev–Trinajstić information content (AvgIpc) is 3.29. The molecule has 3 saturated carbocycles. The van der Waals surface area contributed by atoms with Gasteiger partial charge in [-0.15, -0.1) is 0 Å². The summed E-state index contributed by atoms with van der Waals surface area (Å²) in [6, 6.07) is 0. The lowest BCUT2D eigenvalue weighted by molar-refractivity contribution is -0.384. The fraction of sp³-hybridized carbons (Fsp3) is 0.931. The number of aliphatic hydroxyl groups is 1. The van der Waals surface area contributed by atoms with Crippen molar-refractivity contribution in [1.82, 2.24) is 0 Å². The van der Waals surface area contributed by atoms with Crippen LogP contribution in [-0.2, 0) is 13.9 Å². The third-order valence-electron chi connectivity index (χ3n) is 10.3. The van der Waals surface area contributed by atoms with Crippen molar-refractivity contribution in [2.45, 2.75) is 129 Å². The van der Waals surface area contributed by atoms with E-state index in [2.05, 4.69) is 59.6 Å². The predicted octanol–water partition coefficient (Wildman–Crippen LogP) is 6.53. The van der Waals surface area contributed by atoms with E-state index >= 15 is 0 Å². The summed E-state index contributed by atoms with van der Waals surface area (Å²) in [5.74, 6) is 8.13. The average molecular weight is 491 g/mol. The molecule has 34 heavy (non-hydrogen) atoms. The lowest BCUT2D eigenvalue weighted by atomic mass is 9.41. The summed E-state index contributed by atoms with van der Waals surface area (Å²) in [6.07, 6.45) is 10.0. The molecule has 0 radical (unpaired) electrons. The van der Waals surface area contributed by atoms with Gasteiger partial charge in [-0.25, -0.2) is 0 Å². The summed E-state index contributed by atoms with van der Waals surface area (Å²) in [5, 5.41) is 11.3. The van der Waals surface area contributed by atoms with E-state index in [4.69, 9.17) is 13.9 Å². The first-order chi connectivity index (χ1) is 16.0. The molecular formula is C29H50O4Si. The highest BCUT2D eigenvalue weighted by Gasteiger charge is 2.75. The Kier molecular flexibility index (Phi) is 7.71. The third-order valence-corrected chi connectivity index (χ3v) is 14.8. The van der Waals surface area contributed by atoms with Crippen LogP contribution in [0.15, 0.2) is 0 Å². The lowest BCUT2D eigenvalue weighted by Crippen LogP contribution is -2.74. The smallest absolute Gasteiger partial charge is 0.193 e. The van der Waals surface area contributed by atoms with Crippen molar-refractivity contribution in [2.75, 3.05) is 13.2 Å². The maximum absolute atomic E-state index is 11.1. The van der Waals surface area contributed by atoms with Gasteiger partial charge in [-0.2, -0.15) is 0 Å². The molecule has 1 spiro atoms. The minimum atomic E-state index is -1.94. The molecule has 1 saturated heterocycles. The number of aliphatic hydroxyl groups excluding tert-OH is 1. The topological polar surface area (TPSA) is 47.9 Å². The summed E-state index contributed by atoms with van der Waals surface area (Å²) < 4.78 is 19.5. The van der Waals surface area contributed by atoms with Gasteiger partial charge in [0.2, 0.25) is 0 Å². The van der Waals surface area contributed by atoms with Crippen LogP contribution in [0, 0.1) is 40.9 Å². The molecule has 4 aliphatic rings. The molecule has 4 rings (SSSR count). The van der Waals surface area contributed by atoms with Crippen molar-refractivity contribution in [1.29, 1.82) is 0 Å². The minimum Gasteiger partial charge on any atom is -0.403 e. The van der Waals surface area contributed by atoms with E-state index in [1.54, 1.807) is 0 Å². The Bertz CT molecular complexity index is 765.